The number of rotatable bonds is 6. The molecule has 138 valence electrons. The summed E-state index contributed by atoms with van der Waals surface area (Å²) in [6.45, 7) is 3.84. The summed E-state index contributed by atoms with van der Waals surface area (Å²) in [5.74, 6) is 1.04. The van der Waals surface area contributed by atoms with Crippen LogP contribution in [0.2, 0.25) is 0 Å². The molecule has 3 aromatic rings. The maximum atomic E-state index is 11.4. The molecule has 0 bridgehead atoms. The van der Waals surface area contributed by atoms with Gasteiger partial charge in [-0.1, -0.05) is 36.0 Å². The van der Waals surface area contributed by atoms with E-state index in [2.05, 4.69) is 20.6 Å². The maximum absolute atomic E-state index is 11.4. The third-order valence-corrected chi connectivity index (χ3v) is 4.94. The van der Waals surface area contributed by atoms with E-state index in [0.717, 1.165) is 26.7 Å². The summed E-state index contributed by atoms with van der Waals surface area (Å²) in [7, 11) is 0. The minimum absolute atomic E-state index is 0.0932. The Morgan fingerprint density at radius 1 is 1.07 bits per heavy atom. The molecule has 0 aliphatic carbocycles. The number of para-hydroxylation sites is 2. The molecule has 0 aliphatic heterocycles. The third kappa shape index (κ3) is 4.98. The van der Waals surface area contributed by atoms with Crippen molar-refractivity contribution in [2.24, 2.45) is 0 Å². The number of nitrogens with two attached hydrogens (primary N) is 1. The van der Waals surface area contributed by atoms with Crippen molar-refractivity contribution in [3.8, 4) is 0 Å². The highest BCUT2D eigenvalue weighted by Gasteiger charge is 2.09. The second-order valence-electron chi connectivity index (χ2n) is 5.96. The number of nitrogen functional groups attached to an aromatic ring is 1. The number of anilines is 3. The van der Waals surface area contributed by atoms with E-state index in [1.165, 1.54) is 6.92 Å². The Balaban J connectivity index is 1.79. The van der Waals surface area contributed by atoms with Gasteiger partial charge in [0.25, 0.3) is 0 Å². The highest BCUT2D eigenvalue weighted by atomic mass is 32.2. The molecule has 1 aromatic heterocycles. The van der Waals surface area contributed by atoms with Gasteiger partial charge in [0.1, 0.15) is 11.6 Å². The molecule has 2 aromatic carbocycles. The van der Waals surface area contributed by atoms with Crippen molar-refractivity contribution in [3.63, 3.8) is 0 Å². The number of nitrogens with zero attached hydrogens (tertiary/aromatic N) is 2. The molecule has 1 amide bonds. The largest absolute Gasteiger partial charge is 0.383 e. The van der Waals surface area contributed by atoms with Gasteiger partial charge in [0.2, 0.25) is 5.91 Å². The second-order valence-corrected chi connectivity index (χ2v) is 7.04. The van der Waals surface area contributed by atoms with E-state index in [1.54, 1.807) is 18.0 Å². The Morgan fingerprint density at radius 3 is 2.37 bits per heavy atom. The number of carbonyl (C=O) groups excluding carboxylic acids is 1. The SMILES string of the molecule is CC(=O)Nc1ccccc1Sc1ccccc1NCc1cnc(C)nc1N. The van der Waals surface area contributed by atoms with Crippen LogP contribution in [0.15, 0.2) is 64.5 Å². The summed E-state index contributed by atoms with van der Waals surface area (Å²) in [6.07, 6.45) is 1.74. The van der Waals surface area contributed by atoms with Crippen LogP contribution >= 0.6 is 11.8 Å². The molecule has 0 radical (unpaired) electrons. The topological polar surface area (TPSA) is 92.9 Å². The Labute approximate surface area is 162 Å². The molecule has 6 nitrogen and oxygen atoms in total. The van der Waals surface area contributed by atoms with Crippen molar-refractivity contribution in [2.45, 2.75) is 30.2 Å². The van der Waals surface area contributed by atoms with E-state index >= 15 is 0 Å². The third-order valence-electron chi connectivity index (χ3n) is 3.79. The Kier molecular flexibility index (Phi) is 5.93. The smallest absolute Gasteiger partial charge is 0.221 e. The fourth-order valence-corrected chi connectivity index (χ4v) is 3.52. The summed E-state index contributed by atoms with van der Waals surface area (Å²) in [4.78, 5) is 21.9. The van der Waals surface area contributed by atoms with Gasteiger partial charge < -0.3 is 16.4 Å². The second kappa shape index (κ2) is 8.55. The van der Waals surface area contributed by atoms with Crippen LogP contribution in [-0.2, 0) is 11.3 Å². The van der Waals surface area contributed by atoms with Crippen LogP contribution in [0.4, 0.5) is 17.2 Å². The van der Waals surface area contributed by atoms with Crippen molar-refractivity contribution in [1.82, 2.24) is 9.97 Å². The zero-order chi connectivity index (χ0) is 19.2. The predicted octanol–water partition coefficient (Wildman–Crippen LogP) is 4.09. The number of amides is 1. The van der Waals surface area contributed by atoms with Crippen LogP contribution in [0.3, 0.4) is 0 Å². The molecule has 27 heavy (non-hydrogen) atoms. The average molecular weight is 379 g/mol. The lowest BCUT2D eigenvalue weighted by molar-refractivity contribution is -0.114. The summed E-state index contributed by atoms with van der Waals surface area (Å²) in [5.41, 5.74) is 8.59. The van der Waals surface area contributed by atoms with Crippen molar-refractivity contribution in [3.05, 3.63) is 66.1 Å². The Hall–Kier alpha value is -3.06. The summed E-state index contributed by atoms with van der Waals surface area (Å²) in [5, 5.41) is 6.27. The highest BCUT2D eigenvalue weighted by Crippen LogP contribution is 2.37. The zero-order valence-electron chi connectivity index (χ0n) is 15.2. The van der Waals surface area contributed by atoms with Crippen LogP contribution in [-0.4, -0.2) is 15.9 Å². The van der Waals surface area contributed by atoms with E-state index in [0.29, 0.717) is 18.2 Å². The molecule has 3 rings (SSSR count). The van der Waals surface area contributed by atoms with Crippen LogP contribution in [0.5, 0.6) is 0 Å². The standard InChI is InChI=1S/C20H21N5OS/c1-13-22-11-15(20(21)24-13)12-23-16-7-3-5-9-18(16)27-19-10-6-4-8-17(19)25-14(2)26/h3-11,23H,12H2,1-2H3,(H,25,26)(H2,21,22,24). The lowest BCUT2D eigenvalue weighted by Gasteiger charge is -2.14. The van der Waals surface area contributed by atoms with Gasteiger partial charge in [-0.25, -0.2) is 9.97 Å². The molecule has 7 heteroatoms. The molecular weight excluding hydrogens is 358 g/mol. The molecule has 1 heterocycles. The average Bonchev–Trinajstić information content (AvgIpc) is 2.63. The van der Waals surface area contributed by atoms with Gasteiger partial charge in [-0.15, -0.1) is 0 Å². The van der Waals surface area contributed by atoms with Gasteiger partial charge in [0, 0.05) is 40.7 Å². The lowest BCUT2D eigenvalue weighted by atomic mass is 10.2. The number of hydrogen-bond donors (Lipinski definition) is 3. The van der Waals surface area contributed by atoms with Crippen molar-refractivity contribution in [2.75, 3.05) is 16.4 Å². The molecular formula is C20H21N5OS. The highest BCUT2D eigenvalue weighted by molar-refractivity contribution is 7.99. The van der Waals surface area contributed by atoms with Crippen molar-refractivity contribution in [1.29, 1.82) is 0 Å². The van der Waals surface area contributed by atoms with E-state index in [-0.39, 0.29) is 5.91 Å². The first-order valence-electron chi connectivity index (χ1n) is 8.48. The van der Waals surface area contributed by atoms with E-state index < -0.39 is 0 Å². The molecule has 0 saturated carbocycles. The number of aryl methyl sites for hydroxylation is 1. The van der Waals surface area contributed by atoms with Gasteiger partial charge in [0.15, 0.2) is 0 Å². The number of carbonyl (C=O) groups is 1. The summed E-state index contributed by atoms with van der Waals surface area (Å²) < 4.78 is 0. The Bertz CT molecular complexity index is 961. The molecule has 0 saturated heterocycles. The first-order valence-corrected chi connectivity index (χ1v) is 9.30. The predicted molar refractivity (Wildman–Crippen MR) is 110 cm³/mol. The van der Waals surface area contributed by atoms with Crippen LogP contribution in [0, 0.1) is 6.92 Å². The number of benzene rings is 2. The molecule has 0 unspecified atom stereocenters. The number of aromatic nitrogens is 2. The van der Waals surface area contributed by atoms with E-state index in [9.17, 15) is 4.79 Å². The minimum atomic E-state index is -0.0932. The lowest BCUT2D eigenvalue weighted by Crippen LogP contribution is -2.07. The van der Waals surface area contributed by atoms with Crippen LogP contribution in [0.1, 0.15) is 18.3 Å². The quantitative estimate of drug-likeness (QED) is 0.597. The first-order chi connectivity index (χ1) is 13.0. The number of nitrogens with one attached hydrogen (secondary N) is 2. The van der Waals surface area contributed by atoms with Gasteiger partial charge >= 0.3 is 0 Å². The molecule has 4 N–H and O–H groups in total. The molecule has 0 fully saturated rings. The molecule has 0 aliphatic rings. The fraction of sp³-hybridized carbons (Fsp3) is 0.150. The fourth-order valence-electron chi connectivity index (χ4n) is 2.51. The monoisotopic (exact) mass is 379 g/mol. The minimum Gasteiger partial charge on any atom is -0.383 e. The van der Waals surface area contributed by atoms with Crippen molar-refractivity contribution < 1.29 is 4.79 Å². The van der Waals surface area contributed by atoms with Crippen LogP contribution < -0.4 is 16.4 Å². The van der Waals surface area contributed by atoms with Gasteiger partial charge in [-0.2, -0.15) is 0 Å². The zero-order valence-corrected chi connectivity index (χ0v) is 16.0. The van der Waals surface area contributed by atoms with E-state index in [4.69, 9.17) is 5.73 Å². The van der Waals surface area contributed by atoms with Gasteiger partial charge in [0.05, 0.1) is 5.69 Å². The van der Waals surface area contributed by atoms with Gasteiger partial charge in [-0.3, -0.25) is 4.79 Å². The first kappa shape index (κ1) is 18.7. The maximum Gasteiger partial charge on any atom is 0.221 e. The van der Waals surface area contributed by atoms with Crippen molar-refractivity contribution >= 4 is 34.9 Å². The normalized spacial score (nSPS) is 10.4. The Morgan fingerprint density at radius 2 is 1.70 bits per heavy atom. The summed E-state index contributed by atoms with van der Waals surface area (Å²) in [6, 6.07) is 15.7. The molecule has 0 spiro atoms. The molecule has 0 atom stereocenters. The van der Waals surface area contributed by atoms with Gasteiger partial charge in [-0.05, 0) is 31.2 Å². The van der Waals surface area contributed by atoms with Crippen LogP contribution in [0.25, 0.3) is 0 Å². The summed E-state index contributed by atoms with van der Waals surface area (Å²) >= 11 is 1.58. The number of hydrogen-bond acceptors (Lipinski definition) is 6. The van der Waals surface area contributed by atoms with E-state index in [1.807, 2.05) is 55.5 Å².